The number of hydrogen-bond donors (Lipinski definition) is 1. The van der Waals surface area contributed by atoms with Crippen LogP contribution in [0.4, 0.5) is 0 Å². The van der Waals surface area contributed by atoms with Crippen LogP contribution in [0.25, 0.3) is 0 Å². The van der Waals surface area contributed by atoms with Gasteiger partial charge in [0.05, 0.1) is 0 Å². The summed E-state index contributed by atoms with van der Waals surface area (Å²) in [4.78, 5) is 2.38. The summed E-state index contributed by atoms with van der Waals surface area (Å²) in [5, 5.41) is 3.19. The molecule has 0 unspecified atom stereocenters. The van der Waals surface area contributed by atoms with Crippen LogP contribution in [0.1, 0.15) is 12.8 Å². The van der Waals surface area contributed by atoms with Gasteiger partial charge in [0.15, 0.2) is 0 Å². The largest absolute Gasteiger partial charge is 0.367 e. The van der Waals surface area contributed by atoms with Crippen molar-refractivity contribution in [2.45, 2.75) is 12.8 Å². The summed E-state index contributed by atoms with van der Waals surface area (Å²) in [6, 6.07) is 0. The lowest BCUT2D eigenvalue weighted by Crippen LogP contribution is -2.31. The van der Waals surface area contributed by atoms with E-state index in [1.165, 1.54) is 28.0 Å². The number of hydrogen-bond acceptors (Lipinski definition) is 2. The second kappa shape index (κ2) is 3.27. The van der Waals surface area contributed by atoms with Gasteiger partial charge in [-0.2, -0.15) is 0 Å². The summed E-state index contributed by atoms with van der Waals surface area (Å²) < 4.78 is 0. The number of allylic oxidation sites excluding steroid dienone is 6. The van der Waals surface area contributed by atoms with E-state index in [2.05, 4.69) is 46.9 Å². The first kappa shape index (κ1) is 9.11. The van der Waals surface area contributed by atoms with Crippen LogP contribution in [-0.4, -0.2) is 11.4 Å². The summed E-state index contributed by atoms with van der Waals surface area (Å²) in [5.41, 5.74) is 7.22. The van der Waals surface area contributed by atoms with E-state index >= 15 is 0 Å². The van der Waals surface area contributed by atoms with Gasteiger partial charge in [-0.25, -0.2) is 0 Å². The number of rotatable bonds is 0. The van der Waals surface area contributed by atoms with Crippen molar-refractivity contribution in [3.05, 3.63) is 70.9 Å². The van der Waals surface area contributed by atoms with Crippen LogP contribution in [0.15, 0.2) is 70.9 Å². The topological polar surface area (TPSA) is 15.3 Å². The summed E-state index contributed by atoms with van der Waals surface area (Å²) in [5.74, 6) is 0. The maximum absolute atomic E-state index is 3.19. The summed E-state index contributed by atoms with van der Waals surface area (Å²) >= 11 is 0. The molecule has 0 aromatic heterocycles. The van der Waals surface area contributed by atoms with E-state index in [9.17, 15) is 0 Å². The Morgan fingerprint density at radius 2 is 2.12 bits per heavy atom. The third-order valence-electron chi connectivity index (χ3n) is 3.76. The Morgan fingerprint density at radius 1 is 1.12 bits per heavy atom. The summed E-state index contributed by atoms with van der Waals surface area (Å²) in [6.07, 6.45) is 17.5. The SMILES string of the molecule is C1=CN2CC3=CNC=CC3=C3CC=CC(=C32)C1. The van der Waals surface area contributed by atoms with Gasteiger partial charge >= 0.3 is 0 Å². The quantitative estimate of drug-likeness (QED) is 0.678. The smallest absolute Gasteiger partial charge is 0.0496 e. The Morgan fingerprint density at radius 3 is 3.12 bits per heavy atom. The molecule has 0 spiro atoms. The summed E-state index contributed by atoms with van der Waals surface area (Å²) in [6.45, 7) is 0.985. The predicted molar refractivity (Wildman–Crippen MR) is 68.6 cm³/mol. The van der Waals surface area contributed by atoms with Gasteiger partial charge in [0.2, 0.25) is 0 Å². The minimum atomic E-state index is 0.985. The van der Waals surface area contributed by atoms with E-state index in [1.54, 1.807) is 0 Å². The molecular weight excluding hydrogens is 208 g/mol. The number of dihydropyridines is 1. The molecule has 1 N–H and O–H groups in total. The lowest BCUT2D eigenvalue weighted by Gasteiger charge is -2.38. The predicted octanol–water partition coefficient (Wildman–Crippen LogP) is 2.73. The zero-order chi connectivity index (χ0) is 11.2. The van der Waals surface area contributed by atoms with Crippen molar-refractivity contribution in [3.63, 3.8) is 0 Å². The van der Waals surface area contributed by atoms with Crippen LogP contribution in [-0.2, 0) is 0 Å². The zero-order valence-electron chi connectivity index (χ0n) is 9.61. The van der Waals surface area contributed by atoms with Crippen molar-refractivity contribution in [2.24, 2.45) is 0 Å². The molecule has 84 valence electrons. The molecule has 0 saturated carbocycles. The first-order valence-corrected chi connectivity index (χ1v) is 6.12. The Hall–Kier alpha value is -1.96. The van der Waals surface area contributed by atoms with E-state index in [0.29, 0.717) is 0 Å². The van der Waals surface area contributed by atoms with Crippen molar-refractivity contribution in [3.8, 4) is 0 Å². The van der Waals surface area contributed by atoms with Crippen molar-refractivity contribution in [1.29, 1.82) is 0 Å². The fourth-order valence-corrected chi connectivity index (χ4v) is 3.04. The van der Waals surface area contributed by atoms with Gasteiger partial charge in [-0.1, -0.05) is 18.2 Å². The number of nitrogens with zero attached hydrogens (tertiary/aromatic N) is 1. The standard InChI is InChI=1S/C15H14N2/c1-3-11-4-2-8-17-10-12-9-16-7-6-13(12)14(5-1)15(11)17/h1-3,6-9,16H,4-5,10H2. The third-order valence-corrected chi connectivity index (χ3v) is 3.76. The number of nitrogens with one attached hydrogen (secondary N) is 1. The van der Waals surface area contributed by atoms with Crippen LogP contribution < -0.4 is 5.32 Å². The minimum absolute atomic E-state index is 0.985. The van der Waals surface area contributed by atoms with Gasteiger partial charge in [-0.05, 0) is 41.2 Å². The van der Waals surface area contributed by atoms with Crippen molar-refractivity contribution >= 4 is 0 Å². The highest BCUT2D eigenvalue weighted by molar-refractivity contribution is 5.61. The van der Waals surface area contributed by atoms with Crippen LogP contribution >= 0.6 is 0 Å². The van der Waals surface area contributed by atoms with Gasteiger partial charge in [-0.3, -0.25) is 0 Å². The van der Waals surface area contributed by atoms with Crippen LogP contribution in [0.5, 0.6) is 0 Å². The fourth-order valence-electron chi connectivity index (χ4n) is 3.04. The van der Waals surface area contributed by atoms with Crippen molar-refractivity contribution in [1.82, 2.24) is 10.2 Å². The Kier molecular flexibility index (Phi) is 1.75. The molecule has 0 aromatic carbocycles. The second-order valence-corrected chi connectivity index (χ2v) is 4.76. The van der Waals surface area contributed by atoms with E-state index < -0.39 is 0 Å². The second-order valence-electron chi connectivity index (χ2n) is 4.76. The highest BCUT2D eigenvalue weighted by Crippen LogP contribution is 2.41. The first-order chi connectivity index (χ1) is 8.43. The molecule has 0 aromatic rings. The molecule has 0 amide bonds. The van der Waals surface area contributed by atoms with Crippen molar-refractivity contribution in [2.75, 3.05) is 6.54 Å². The molecule has 1 aliphatic carbocycles. The van der Waals surface area contributed by atoms with Crippen LogP contribution in [0, 0.1) is 0 Å². The van der Waals surface area contributed by atoms with E-state index in [-0.39, 0.29) is 0 Å². The highest BCUT2D eigenvalue weighted by atomic mass is 15.1. The third kappa shape index (κ3) is 1.21. The van der Waals surface area contributed by atoms with Gasteiger partial charge in [0.25, 0.3) is 0 Å². The normalized spacial score (nSPS) is 24.5. The zero-order valence-corrected chi connectivity index (χ0v) is 9.61. The molecule has 3 heterocycles. The van der Waals surface area contributed by atoms with Gasteiger partial charge < -0.3 is 10.2 Å². The molecule has 0 saturated heterocycles. The van der Waals surface area contributed by atoms with E-state index in [1.807, 2.05) is 6.20 Å². The molecule has 0 atom stereocenters. The molecule has 3 aliphatic heterocycles. The Labute approximate surface area is 101 Å². The van der Waals surface area contributed by atoms with Gasteiger partial charge in [-0.15, -0.1) is 0 Å². The monoisotopic (exact) mass is 222 g/mol. The van der Waals surface area contributed by atoms with Gasteiger partial charge in [0.1, 0.15) is 0 Å². The lowest BCUT2D eigenvalue weighted by molar-refractivity contribution is 0.480. The average Bonchev–Trinajstić information content (AvgIpc) is 2.39. The maximum Gasteiger partial charge on any atom is 0.0496 e. The lowest BCUT2D eigenvalue weighted by atomic mass is 9.83. The Balaban J connectivity index is 1.98. The molecule has 4 rings (SSSR count). The van der Waals surface area contributed by atoms with Crippen LogP contribution in [0.3, 0.4) is 0 Å². The molecular formula is C15H14N2. The Bertz CT molecular complexity index is 568. The van der Waals surface area contributed by atoms with E-state index in [0.717, 1.165) is 19.4 Å². The van der Waals surface area contributed by atoms with E-state index in [4.69, 9.17) is 0 Å². The first-order valence-electron chi connectivity index (χ1n) is 6.12. The fraction of sp³-hybridized carbons (Fsp3) is 0.200. The molecule has 0 fully saturated rings. The summed E-state index contributed by atoms with van der Waals surface area (Å²) in [7, 11) is 0. The molecule has 2 nitrogen and oxygen atoms in total. The molecule has 0 bridgehead atoms. The molecule has 17 heavy (non-hydrogen) atoms. The average molecular weight is 222 g/mol. The maximum atomic E-state index is 3.19. The van der Waals surface area contributed by atoms with Crippen LogP contribution in [0.2, 0.25) is 0 Å². The highest BCUT2D eigenvalue weighted by Gasteiger charge is 2.29. The molecule has 4 aliphatic rings. The number of fused-ring (bicyclic) bond motifs is 1. The molecule has 0 radical (unpaired) electrons. The minimum Gasteiger partial charge on any atom is -0.367 e. The molecule has 2 heteroatoms. The van der Waals surface area contributed by atoms with Gasteiger partial charge in [0, 0.05) is 30.8 Å². The van der Waals surface area contributed by atoms with Crippen molar-refractivity contribution < 1.29 is 0 Å².